The molecule has 1 amide bonds. The Hall–Kier alpha value is -2.71. The summed E-state index contributed by atoms with van der Waals surface area (Å²) in [7, 11) is 0. The van der Waals surface area contributed by atoms with E-state index in [1.54, 1.807) is 25.1 Å². The Bertz CT molecular complexity index is 927. The number of nitrogens with two attached hydrogens (primary N) is 1. The molecule has 0 spiro atoms. The number of benzene rings is 1. The largest absolute Gasteiger partial charge is 0.382 e. The van der Waals surface area contributed by atoms with Gasteiger partial charge in [-0.1, -0.05) is 28.4 Å². The molecular formula is C14H10Cl2N6O2. The van der Waals surface area contributed by atoms with Crippen molar-refractivity contribution in [1.29, 1.82) is 0 Å². The second-order valence-electron chi connectivity index (χ2n) is 4.77. The molecule has 2 aromatic heterocycles. The van der Waals surface area contributed by atoms with E-state index in [9.17, 15) is 4.79 Å². The maximum atomic E-state index is 12.0. The van der Waals surface area contributed by atoms with Crippen LogP contribution in [0.1, 0.15) is 16.2 Å². The van der Waals surface area contributed by atoms with Crippen molar-refractivity contribution in [2.45, 2.75) is 6.92 Å². The summed E-state index contributed by atoms with van der Waals surface area (Å²) in [5.74, 6) is -0.287. The van der Waals surface area contributed by atoms with Crippen molar-refractivity contribution < 1.29 is 9.42 Å². The van der Waals surface area contributed by atoms with Crippen LogP contribution in [0.2, 0.25) is 10.0 Å². The number of halogens is 2. The fourth-order valence-electron chi connectivity index (χ4n) is 1.96. The Morgan fingerprint density at radius 2 is 2.08 bits per heavy atom. The Labute approximate surface area is 146 Å². The molecule has 3 rings (SSSR count). The van der Waals surface area contributed by atoms with Gasteiger partial charge in [0.25, 0.3) is 5.91 Å². The summed E-state index contributed by atoms with van der Waals surface area (Å²) in [6.45, 7) is 1.59. The van der Waals surface area contributed by atoms with Crippen LogP contribution in [0.15, 0.2) is 29.0 Å². The fraction of sp³-hybridized carbons (Fsp3) is 0.0714. The summed E-state index contributed by atoms with van der Waals surface area (Å²) < 4.78 is 4.48. The molecule has 0 fully saturated rings. The first kappa shape index (κ1) is 16.2. The van der Waals surface area contributed by atoms with Gasteiger partial charge in [0, 0.05) is 10.6 Å². The third kappa shape index (κ3) is 3.15. The average molecular weight is 365 g/mol. The number of nitrogens with one attached hydrogen (secondary N) is 1. The Morgan fingerprint density at radius 3 is 2.75 bits per heavy atom. The van der Waals surface area contributed by atoms with Gasteiger partial charge in [0.1, 0.15) is 11.4 Å². The number of carbonyl (C=O) groups excluding carboxylic acids is 1. The SMILES string of the molecule is Cc1nonc1C(=O)Nc1cnc(-c2cc(Cl)ccc2Cl)c(N)n1. The van der Waals surface area contributed by atoms with Crippen LogP contribution >= 0.6 is 23.2 Å². The maximum absolute atomic E-state index is 12.0. The molecule has 0 aliphatic heterocycles. The summed E-state index contributed by atoms with van der Waals surface area (Å²) in [5.41, 5.74) is 7.24. The molecule has 3 N–H and O–H groups in total. The Morgan fingerprint density at radius 1 is 1.29 bits per heavy atom. The highest BCUT2D eigenvalue weighted by atomic mass is 35.5. The minimum atomic E-state index is -0.531. The van der Waals surface area contributed by atoms with Crippen LogP contribution in [-0.2, 0) is 0 Å². The van der Waals surface area contributed by atoms with E-state index >= 15 is 0 Å². The van der Waals surface area contributed by atoms with Crippen molar-refractivity contribution in [3.05, 3.63) is 45.8 Å². The predicted octanol–water partition coefficient (Wildman–Crippen LogP) is 2.98. The van der Waals surface area contributed by atoms with Gasteiger partial charge in [0.15, 0.2) is 17.3 Å². The van der Waals surface area contributed by atoms with E-state index in [-0.39, 0.29) is 17.3 Å². The molecule has 0 saturated heterocycles. The molecule has 0 unspecified atom stereocenters. The van der Waals surface area contributed by atoms with E-state index in [4.69, 9.17) is 28.9 Å². The van der Waals surface area contributed by atoms with Gasteiger partial charge in [-0.2, -0.15) is 0 Å². The lowest BCUT2D eigenvalue weighted by Gasteiger charge is -2.09. The number of carbonyl (C=O) groups is 1. The van der Waals surface area contributed by atoms with Crippen LogP contribution < -0.4 is 11.1 Å². The molecule has 3 aromatic rings. The number of hydrogen-bond donors (Lipinski definition) is 2. The fourth-order valence-corrected chi connectivity index (χ4v) is 2.34. The molecular weight excluding hydrogens is 355 g/mol. The van der Waals surface area contributed by atoms with Crippen molar-refractivity contribution in [1.82, 2.24) is 20.3 Å². The predicted molar refractivity (Wildman–Crippen MR) is 88.9 cm³/mol. The first-order chi connectivity index (χ1) is 11.5. The summed E-state index contributed by atoms with van der Waals surface area (Å²) in [6, 6.07) is 4.92. The maximum Gasteiger partial charge on any atom is 0.281 e. The second kappa shape index (κ2) is 6.42. The normalized spacial score (nSPS) is 10.6. The molecule has 2 heterocycles. The minimum Gasteiger partial charge on any atom is -0.382 e. The van der Waals surface area contributed by atoms with Gasteiger partial charge in [-0.3, -0.25) is 4.79 Å². The van der Waals surface area contributed by atoms with Crippen molar-refractivity contribution in [2.75, 3.05) is 11.1 Å². The molecule has 24 heavy (non-hydrogen) atoms. The first-order valence-corrected chi connectivity index (χ1v) is 7.39. The summed E-state index contributed by atoms with van der Waals surface area (Å²) in [4.78, 5) is 20.3. The second-order valence-corrected chi connectivity index (χ2v) is 5.61. The molecule has 8 nitrogen and oxygen atoms in total. The quantitative estimate of drug-likeness (QED) is 0.732. The number of amides is 1. The number of hydrogen-bond acceptors (Lipinski definition) is 7. The van der Waals surface area contributed by atoms with Crippen LogP contribution in [0.3, 0.4) is 0 Å². The van der Waals surface area contributed by atoms with Crippen LogP contribution in [0.25, 0.3) is 11.3 Å². The highest BCUT2D eigenvalue weighted by Gasteiger charge is 2.17. The number of anilines is 2. The molecule has 0 atom stereocenters. The summed E-state index contributed by atoms with van der Waals surface area (Å²) >= 11 is 12.1. The lowest BCUT2D eigenvalue weighted by Crippen LogP contribution is -2.15. The molecule has 0 bridgehead atoms. The Kier molecular flexibility index (Phi) is 4.32. The average Bonchev–Trinajstić information content (AvgIpc) is 2.96. The highest BCUT2D eigenvalue weighted by molar-refractivity contribution is 6.35. The molecule has 1 aromatic carbocycles. The van der Waals surface area contributed by atoms with Crippen LogP contribution in [0.5, 0.6) is 0 Å². The molecule has 122 valence electrons. The van der Waals surface area contributed by atoms with E-state index < -0.39 is 5.91 Å². The standard InChI is InChI=1S/C14H10Cl2N6O2/c1-6-11(22-24-21-6)14(23)20-10-5-18-12(13(17)19-10)8-4-7(15)2-3-9(8)16/h2-5H,1H3,(H3,17,19,20,23). The lowest BCUT2D eigenvalue weighted by molar-refractivity contribution is 0.101. The van der Waals surface area contributed by atoms with E-state index in [0.717, 1.165) is 0 Å². The number of rotatable bonds is 3. The van der Waals surface area contributed by atoms with Gasteiger partial charge in [0.05, 0.1) is 11.2 Å². The van der Waals surface area contributed by atoms with E-state index in [2.05, 4.69) is 30.2 Å². The number of nitrogen functional groups attached to an aromatic ring is 1. The zero-order valence-electron chi connectivity index (χ0n) is 12.2. The van der Waals surface area contributed by atoms with E-state index in [1.807, 2.05) is 0 Å². The van der Waals surface area contributed by atoms with Gasteiger partial charge < -0.3 is 11.1 Å². The van der Waals surface area contributed by atoms with Gasteiger partial charge >= 0.3 is 0 Å². The van der Waals surface area contributed by atoms with Crippen molar-refractivity contribution >= 4 is 40.7 Å². The van der Waals surface area contributed by atoms with Crippen molar-refractivity contribution in [3.63, 3.8) is 0 Å². The number of nitrogens with zero attached hydrogens (tertiary/aromatic N) is 4. The van der Waals surface area contributed by atoms with Gasteiger partial charge in [-0.15, -0.1) is 0 Å². The number of aromatic nitrogens is 4. The highest BCUT2D eigenvalue weighted by Crippen LogP contribution is 2.32. The lowest BCUT2D eigenvalue weighted by atomic mass is 10.1. The summed E-state index contributed by atoms with van der Waals surface area (Å²) in [5, 5.41) is 10.5. The monoisotopic (exact) mass is 364 g/mol. The Balaban J connectivity index is 1.89. The molecule has 0 radical (unpaired) electrons. The van der Waals surface area contributed by atoms with Crippen LogP contribution in [0, 0.1) is 6.92 Å². The summed E-state index contributed by atoms with van der Waals surface area (Å²) in [6.07, 6.45) is 1.35. The van der Waals surface area contributed by atoms with Crippen LogP contribution in [0.4, 0.5) is 11.6 Å². The first-order valence-electron chi connectivity index (χ1n) is 6.64. The molecule has 0 aliphatic rings. The third-order valence-corrected chi connectivity index (χ3v) is 3.66. The third-order valence-electron chi connectivity index (χ3n) is 3.09. The van der Waals surface area contributed by atoms with Crippen molar-refractivity contribution in [3.8, 4) is 11.3 Å². The van der Waals surface area contributed by atoms with Gasteiger partial charge in [-0.05, 0) is 30.3 Å². The minimum absolute atomic E-state index is 0.0531. The molecule has 0 aliphatic carbocycles. The number of aryl methyl sites for hydroxylation is 1. The smallest absolute Gasteiger partial charge is 0.281 e. The molecule has 0 saturated carbocycles. The topological polar surface area (TPSA) is 120 Å². The zero-order chi connectivity index (χ0) is 17.3. The van der Waals surface area contributed by atoms with Gasteiger partial charge in [-0.25, -0.2) is 14.6 Å². The van der Waals surface area contributed by atoms with E-state index in [0.29, 0.717) is 27.0 Å². The zero-order valence-corrected chi connectivity index (χ0v) is 13.8. The van der Waals surface area contributed by atoms with Crippen LogP contribution in [-0.4, -0.2) is 26.2 Å². The van der Waals surface area contributed by atoms with Gasteiger partial charge in [0.2, 0.25) is 0 Å². The van der Waals surface area contributed by atoms with Crippen molar-refractivity contribution in [2.24, 2.45) is 0 Å². The molecule has 10 heteroatoms. The van der Waals surface area contributed by atoms with E-state index in [1.165, 1.54) is 6.20 Å².